The van der Waals surface area contributed by atoms with Crippen LogP contribution in [0.5, 0.6) is 6.01 Å². The molecule has 3 aromatic heterocycles. The number of fused-ring (bicyclic) bond motifs is 1. The standard InChI is InChI=1S/C30H24N4O9/c1-2-39-28-31-22-9-5-8-21(27(36)40-16-24-23(15-35)41-30(38)42-24)25(22)34(28)14-17-10-12-18(13-11-17)19-6-3-4-7-20(19)26-32-29(37)43-33-26/h3-13,35H,2,14-16H2,1H3,(H,32,33,37). The highest BCUT2D eigenvalue weighted by atomic mass is 16.6. The van der Waals surface area contributed by atoms with E-state index in [1.165, 1.54) is 0 Å². The third kappa shape index (κ3) is 5.48. The fourth-order valence-corrected chi connectivity index (χ4v) is 4.75. The lowest BCUT2D eigenvalue weighted by Gasteiger charge is -2.13. The first-order valence-corrected chi connectivity index (χ1v) is 13.2. The van der Waals surface area contributed by atoms with Gasteiger partial charge in [-0.25, -0.2) is 14.4 Å². The van der Waals surface area contributed by atoms with Crippen LogP contribution in [-0.4, -0.2) is 37.4 Å². The number of hydrogen-bond acceptors (Lipinski definition) is 11. The average molecular weight is 585 g/mol. The number of carbonyl (C=O) groups excluding carboxylic acids is 1. The molecule has 218 valence electrons. The number of aromatic amines is 1. The van der Waals surface area contributed by atoms with Gasteiger partial charge >= 0.3 is 17.5 Å². The molecule has 0 aliphatic rings. The minimum Gasteiger partial charge on any atom is -0.465 e. The minimum absolute atomic E-state index is 0.0758. The second-order valence-corrected chi connectivity index (χ2v) is 9.31. The molecule has 43 heavy (non-hydrogen) atoms. The van der Waals surface area contributed by atoms with Crippen LogP contribution < -0.4 is 16.3 Å². The molecule has 0 spiro atoms. The van der Waals surface area contributed by atoms with Crippen LogP contribution in [0.1, 0.15) is 34.4 Å². The Morgan fingerprint density at radius 1 is 0.977 bits per heavy atom. The third-order valence-electron chi connectivity index (χ3n) is 6.66. The van der Waals surface area contributed by atoms with E-state index in [0.29, 0.717) is 41.6 Å². The average Bonchev–Trinajstić information content (AvgIpc) is 3.72. The van der Waals surface area contributed by atoms with Crippen LogP contribution in [0.25, 0.3) is 33.5 Å². The normalized spacial score (nSPS) is 11.2. The number of ether oxygens (including phenoxy) is 2. The predicted octanol–water partition coefficient (Wildman–Crippen LogP) is 3.89. The van der Waals surface area contributed by atoms with Crippen LogP contribution in [0, 0.1) is 0 Å². The van der Waals surface area contributed by atoms with E-state index in [9.17, 15) is 19.5 Å². The molecule has 0 aliphatic carbocycles. The predicted molar refractivity (Wildman–Crippen MR) is 150 cm³/mol. The van der Waals surface area contributed by atoms with Gasteiger partial charge in [-0.2, -0.15) is 4.98 Å². The summed E-state index contributed by atoms with van der Waals surface area (Å²) in [4.78, 5) is 43.3. The zero-order chi connectivity index (χ0) is 29.9. The van der Waals surface area contributed by atoms with Gasteiger partial charge < -0.3 is 23.4 Å². The van der Waals surface area contributed by atoms with E-state index in [1.807, 2.05) is 55.5 Å². The SMILES string of the molecule is CCOc1nc2cccc(C(=O)OCc3oc(=O)oc3CO)c2n1Cc1ccc(-c2ccccc2-c2noc(=O)[nH]2)cc1. The number of hydrogen-bond donors (Lipinski definition) is 2. The summed E-state index contributed by atoms with van der Waals surface area (Å²) in [6, 6.07) is 20.6. The van der Waals surface area contributed by atoms with Gasteiger partial charge in [0.2, 0.25) is 0 Å². The molecule has 3 aromatic carbocycles. The molecule has 3 heterocycles. The van der Waals surface area contributed by atoms with Gasteiger partial charge in [0.05, 0.1) is 29.7 Å². The van der Waals surface area contributed by atoms with Crippen LogP contribution >= 0.6 is 0 Å². The van der Waals surface area contributed by atoms with Crippen molar-refractivity contribution in [1.29, 1.82) is 0 Å². The number of imidazole rings is 1. The molecule has 0 saturated heterocycles. The van der Waals surface area contributed by atoms with E-state index in [2.05, 4.69) is 19.6 Å². The lowest BCUT2D eigenvalue weighted by Crippen LogP contribution is -2.10. The number of para-hydroxylation sites is 1. The summed E-state index contributed by atoms with van der Waals surface area (Å²) in [5.41, 5.74) is 4.59. The number of aliphatic hydroxyl groups is 1. The summed E-state index contributed by atoms with van der Waals surface area (Å²) < 4.78 is 27.3. The Balaban J connectivity index is 1.31. The molecule has 0 fully saturated rings. The Morgan fingerprint density at radius 3 is 2.47 bits per heavy atom. The molecule has 0 unspecified atom stereocenters. The van der Waals surface area contributed by atoms with Crippen molar-refractivity contribution < 1.29 is 32.7 Å². The van der Waals surface area contributed by atoms with Crippen molar-refractivity contribution in [2.24, 2.45) is 0 Å². The fraction of sp³-hybridized carbons (Fsp3) is 0.167. The molecule has 6 aromatic rings. The molecule has 13 heteroatoms. The lowest BCUT2D eigenvalue weighted by molar-refractivity contribution is 0.0442. The number of H-pyrrole nitrogens is 1. The quantitative estimate of drug-likeness (QED) is 0.223. The number of esters is 1. The lowest BCUT2D eigenvalue weighted by atomic mass is 9.98. The highest BCUT2D eigenvalue weighted by molar-refractivity contribution is 6.02. The monoisotopic (exact) mass is 584 g/mol. The molecule has 2 N–H and O–H groups in total. The van der Waals surface area contributed by atoms with Crippen LogP contribution in [-0.2, 0) is 24.5 Å². The maximum absolute atomic E-state index is 13.2. The molecule has 0 aliphatic heterocycles. The number of nitrogens with one attached hydrogen (secondary N) is 1. The molecule has 0 atom stereocenters. The van der Waals surface area contributed by atoms with E-state index < -0.39 is 30.8 Å². The second-order valence-electron chi connectivity index (χ2n) is 9.31. The molecule has 0 radical (unpaired) electrons. The summed E-state index contributed by atoms with van der Waals surface area (Å²) in [6.45, 7) is 1.52. The topological polar surface area (TPSA) is 176 Å². The zero-order valence-electron chi connectivity index (χ0n) is 22.7. The van der Waals surface area contributed by atoms with Crippen molar-refractivity contribution in [1.82, 2.24) is 19.7 Å². The van der Waals surface area contributed by atoms with Gasteiger partial charge in [-0.3, -0.25) is 14.1 Å². The van der Waals surface area contributed by atoms with Gasteiger partial charge in [-0.15, -0.1) is 0 Å². The third-order valence-corrected chi connectivity index (χ3v) is 6.66. The largest absolute Gasteiger partial charge is 0.519 e. The second kappa shape index (κ2) is 11.7. The van der Waals surface area contributed by atoms with Gasteiger partial charge in [0.1, 0.15) is 6.61 Å². The minimum atomic E-state index is -1.00. The number of nitrogens with zero attached hydrogens (tertiary/aromatic N) is 3. The van der Waals surface area contributed by atoms with Gasteiger partial charge in [-0.1, -0.05) is 59.8 Å². The summed E-state index contributed by atoms with van der Waals surface area (Å²) >= 11 is 0. The van der Waals surface area contributed by atoms with Crippen LogP contribution in [0.2, 0.25) is 0 Å². The van der Waals surface area contributed by atoms with Crippen molar-refractivity contribution in [3.63, 3.8) is 0 Å². The molecule has 0 amide bonds. The fourth-order valence-electron chi connectivity index (χ4n) is 4.75. The summed E-state index contributed by atoms with van der Waals surface area (Å²) in [6.07, 6.45) is 0. The number of aliphatic hydroxyl groups excluding tert-OH is 1. The van der Waals surface area contributed by atoms with Crippen molar-refractivity contribution in [3.05, 3.63) is 111 Å². The number of aromatic nitrogens is 4. The number of rotatable bonds is 10. The van der Waals surface area contributed by atoms with Gasteiger partial charge in [0.25, 0.3) is 6.01 Å². The molecule has 13 nitrogen and oxygen atoms in total. The first kappa shape index (κ1) is 27.5. The number of carbonyl (C=O) groups is 1. The van der Waals surface area contributed by atoms with Crippen LogP contribution in [0.4, 0.5) is 0 Å². The van der Waals surface area contributed by atoms with Crippen molar-refractivity contribution >= 4 is 17.0 Å². The summed E-state index contributed by atoms with van der Waals surface area (Å²) in [5.74, 6) is -2.19. The van der Waals surface area contributed by atoms with Crippen molar-refractivity contribution in [2.45, 2.75) is 26.7 Å². The Labute approximate surface area is 241 Å². The van der Waals surface area contributed by atoms with E-state index in [-0.39, 0.29) is 17.1 Å². The van der Waals surface area contributed by atoms with Gasteiger partial charge in [0, 0.05) is 5.56 Å². The molecule has 0 saturated carbocycles. The van der Waals surface area contributed by atoms with Gasteiger partial charge in [-0.05, 0) is 35.7 Å². The van der Waals surface area contributed by atoms with Crippen molar-refractivity contribution in [3.8, 4) is 28.5 Å². The number of benzene rings is 3. The Hall–Kier alpha value is -5.69. The van der Waals surface area contributed by atoms with Crippen molar-refractivity contribution in [2.75, 3.05) is 6.61 Å². The van der Waals surface area contributed by atoms with E-state index >= 15 is 0 Å². The van der Waals surface area contributed by atoms with E-state index in [4.69, 9.17) is 18.3 Å². The Kier molecular flexibility index (Phi) is 7.45. The molecule has 0 bridgehead atoms. The Morgan fingerprint density at radius 2 is 1.74 bits per heavy atom. The van der Waals surface area contributed by atoms with Gasteiger partial charge in [0.15, 0.2) is 24.0 Å². The van der Waals surface area contributed by atoms with Crippen LogP contribution in [0.3, 0.4) is 0 Å². The van der Waals surface area contributed by atoms with E-state index in [0.717, 1.165) is 16.7 Å². The molecular formula is C30H24N4O9. The maximum Gasteiger partial charge on any atom is 0.519 e. The molecular weight excluding hydrogens is 560 g/mol. The zero-order valence-corrected chi connectivity index (χ0v) is 22.7. The molecule has 6 rings (SSSR count). The first-order chi connectivity index (χ1) is 20.9. The maximum atomic E-state index is 13.2. The highest BCUT2D eigenvalue weighted by Gasteiger charge is 2.22. The highest BCUT2D eigenvalue weighted by Crippen LogP contribution is 2.31. The summed E-state index contributed by atoms with van der Waals surface area (Å²) in [5, 5.41) is 13.2. The first-order valence-electron chi connectivity index (χ1n) is 13.2. The smallest absolute Gasteiger partial charge is 0.465 e. The van der Waals surface area contributed by atoms with Crippen LogP contribution in [0.15, 0.2) is 89.7 Å². The van der Waals surface area contributed by atoms with E-state index in [1.54, 1.807) is 22.8 Å². The summed E-state index contributed by atoms with van der Waals surface area (Å²) in [7, 11) is 0. The Bertz CT molecular complexity index is 2030.